The molecule has 38 heavy (non-hydrogen) atoms. The van der Waals surface area contributed by atoms with Crippen LogP contribution in [0.4, 0.5) is 0 Å². The molecule has 7 nitrogen and oxygen atoms in total. The lowest BCUT2D eigenvalue weighted by Gasteiger charge is -2.13. The van der Waals surface area contributed by atoms with E-state index in [-0.39, 0.29) is 12.1 Å². The molecule has 0 saturated heterocycles. The van der Waals surface area contributed by atoms with E-state index < -0.39 is 0 Å². The second-order valence-corrected chi connectivity index (χ2v) is 9.86. The quantitative estimate of drug-likeness (QED) is 0.173. The van der Waals surface area contributed by atoms with E-state index in [1.54, 1.807) is 7.11 Å². The second-order valence-electron chi connectivity index (χ2n) is 9.00. The molecule has 0 atom stereocenters. The zero-order valence-corrected chi connectivity index (χ0v) is 23.9. The van der Waals surface area contributed by atoms with Gasteiger partial charge in [-0.1, -0.05) is 19.1 Å². The predicted octanol–water partition coefficient (Wildman–Crippen LogP) is 7.29. The first-order valence-corrected chi connectivity index (χ1v) is 14.1. The fourth-order valence-corrected chi connectivity index (χ4v) is 4.69. The summed E-state index contributed by atoms with van der Waals surface area (Å²) in [5, 5.41) is 2.78. The van der Waals surface area contributed by atoms with Crippen molar-refractivity contribution in [2.24, 2.45) is 0 Å². The summed E-state index contributed by atoms with van der Waals surface area (Å²) in [7, 11) is 1.64. The van der Waals surface area contributed by atoms with E-state index in [1.165, 1.54) is 22.5 Å². The van der Waals surface area contributed by atoms with Gasteiger partial charge in [-0.15, -0.1) is 11.3 Å². The Morgan fingerprint density at radius 1 is 1.11 bits per heavy atom. The van der Waals surface area contributed by atoms with Crippen molar-refractivity contribution in [2.45, 2.75) is 65.9 Å². The molecule has 1 aromatic carbocycles. The molecule has 3 rings (SSSR count). The molecule has 0 saturated carbocycles. The number of benzene rings is 1. The lowest BCUT2D eigenvalue weighted by molar-refractivity contribution is -0.143. The van der Waals surface area contributed by atoms with Crippen molar-refractivity contribution in [1.29, 1.82) is 0 Å². The summed E-state index contributed by atoms with van der Waals surface area (Å²) in [5.74, 6) is 2.75. The number of allylic oxidation sites excluding steroid dienone is 5. The van der Waals surface area contributed by atoms with Crippen LogP contribution in [-0.4, -0.2) is 44.0 Å². The maximum Gasteiger partial charge on any atom is 0.306 e. The van der Waals surface area contributed by atoms with Gasteiger partial charge in [0.05, 0.1) is 44.2 Å². The van der Waals surface area contributed by atoms with Gasteiger partial charge in [0, 0.05) is 24.8 Å². The molecule has 8 heteroatoms. The molecule has 1 aliphatic rings. The van der Waals surface area contributed by atoms with Crippen molar-refractivity contribution in [3.05, 3.63) is 58.7 Å². The standard InChI is InChI=1S/C30H39NO6S/c1-6-22-18-25(11-8-10-23(22)13-15-29(32)34-7-2)35-16-9-17-36-26-14-12-24(19-27(26)33-5)30-31-28(20-38-30)37-21(3)4/h8,10,12,14,18-21H,6-7,9,11,13,15-17H2,1-5H3. The SMILES string of the molecule is CCOC(=O)CCC1=C(CC)C=C(OCCCOc2ccc(-c3nc(OC(C)C)cs3)cc2OC)CC=C1. The van der Waals surface area contributed by atoms with Crippen LogP contribution in [0.3, 0.4) is 0 Å². The van der Waals surface area contributed by atoms with Crippen LogP contribution in [0.5, 0.6) is 17.4 Å². The van der Waals surface area contributed by atoms with Crippen LogP contribution in [-0.2, 0) is 14.3 Å². The highest BCUT2D eigenvalue weighted by Crippen LogP contribution is 2.35. The van der Waals surface area contributed by atoms with Gasteiger partial charge in [-0.2, -0.15) is 0 Å². The van der Waals surface area contributed by atoms with Crippen LogP contribution in [0.1, 0.15) is 59.8 Å². The number of methoxy groups -OCH3 is 1. The lowest BCUT2D eigenvalue weighted by atomic mass is 10.0. The summed E-state index contributed by atoms with van der Waals surface area (Å²) in [6, 6.07) is 5.83. The Hall–Kier alpha value is -3.26. The van der Waals surface area contributed by atoms with Crippen molar-refractivity contribution in [2.75, 3.05) is 26.9 Å². The van der Waals surface area contributed by atoms with Crippen LogP contribution in [0.15, 0.2) is 58.7 Å². The van der Waals surface area contributed by atoms with Gasteiger partial charge in [-0.05, 0) is 69.0 Å². The number of hydrogen-bond acceptors (Lipinski definition) is 8. The third kappa shape index (κ3) is 8.94. The minimum absolute atomic E-state index is 0.0833. The molecule has 0 N–H and O–H groups in total. The first kappa shape index (κ1) is 29.3. The summed E-state index contributed by atoms with van der Waals surface area (Å²) in [6.45, 7) is 9.37. The first-order chi connectivity index (χ1) is 18.4. The summed E-state index contributed by atoms with van der Waals surface area (Å²) in [6.07, 6.45) is 9.79. The number of nitrogens with zero attached hydrogens (tertiary/aromatic N) is 1. The van der Waals surface area contributed by atoms with Crippen molar-refractivity contribution in [1.82, 2.24) is 4.98 Å². The van der Waals surface area contributed by atoms with Crippen molar-refractivity contribution in [3.8, 4) is 28.0 Å². The Balaban J connectivity index is 1.50. The van der Waals surface area contributed by atoms with E-state index in [2.05, 4.69) is 30.1 Å². The molecule has 0 spiro atoms. The van der Waals surface area contributed by atoms with Gasteiger partial charge >= 0.3 is 5.97 Å². The normalized spacial score (nSPS) is 13.3. The van der Waals surface area contributed by atoms with Gasteiger partial charge in [0.2, 0.25) is 5.88 Å². The van der Waals surface area contributed by atoms with E-state index in [0.29, 0.717) is 50.0 Å². The Bertz CT molecular complexity index is 1150. The van der Waals surface area contributed by atoms with Gasteiger partial charge < -0.3 is 23.7 Å². The number of thiazole rings is 1. The number of hydrogen-bond donors (Lipinski definition) is 0. The molecular formula is C30H39NO6S. The Morgan fingerprint density at radius 2 is 1.92 bits per heavy atom. The van der Waals surface area contributed by atoms with Gasteiger partial charge in [-0.25, -0.2) is 4.98 Å². The Kier molecular flexibility index (Phi) is 11.7. The molecule has 1 heterocycles. The number of aromatic nitrogens is 1. The topological polar surface area (TPSA) is 76.1 Å². The molecule has 0 bridgehead atoms. The summed E-state index contributed by atoms with van der Waals surface area (Å²) >= 11 is 1.53. The fourth-order valence-electron chi connectivity index (χ4n) is 3.97. The molecular weight excluding hydrogens is 502 g/mol. The average Bonchev–Trinajstić information content (AvgIpc) is 3.26. The van der Waals surface area contributed by atoms with Gasteiger partial charge in [0.25, 0.3) is 0 Å². The van der Waals surface area contributed by atoms with Crippen molar-refractivity contribution >= 4 is 17.3 Å². The van der Waals surface area contributed by atoms with Gasteiger partial charge in [0.1, 0.15) is 5.01 Å². The van der Waals surface area contributed by atoms with E-state index in [1.807, 2.05) is 44.4 Å². The molecule has 0 radical (unpaired) electrons. The monoisotopic (exact) mass is 541 g/mol. The maximum atomic E-state index is 11.8. The van der Waals surface area contributed by atoms with E-state index >= 15 is 0 Å². The second kappa shape index (κ2) is 15.2. The summed E-state index contributed by atoms with van der Waals surface area (Å²) in [5.41, 5.74) is 3.32. The third-order valence-electron chi connectivity index (χ3n) is 5.75. The van der Waals surface area contributed by atoms with Crippen LogP contribution in [0.25, 0.3) is 10.6 Å². The van der Waals surface area contributed by atoms with Crippen LogP contribution >= 0.6 is 11.3 Å². The highest BCUT2D eigenvalue weighted by atomic mass is 32.1. The Morgan fingerprint density at radius 3 is 2.66 bits per heavy atom. The van der Waals surface area contributed by atoms with Crippen LogP contribution in [0.2, 0.25) is 0 Å². The number of ether oxygens (including phenoxy) is 5. The van der Waals surface area contributed by atoms with Crippen LogP contribution in [0, 0.1) is 0 Å². The molecule has 0 amide bonds. The van der Waals surface area contributed by atoms with Crippen LogP contribution < -0.4 is 14.2 Å². The summed E-state index contributed by atoms with van der Waals surface area (Å²) in [4.78, 5) is 16.3. The molecule has 206 valence electrons. The molecule has 0 aliphatic heterocycles. The largest absolute Gasteiger partial charge is 0.497 e. The smallest absolute Gasteiger partial charge is 0.306 e. The lowest BCUT2D eigenvalue weighted by Crippen LogP contribution is -2.05. The first-order valence-electron chi connectivity index (χ1n) is 13.2. The minimum Gasteiger partial charge on any atom is -0.497 e. The molecule has 1 aromatic heterocycles. The molecule has 0 fully saturated rings. The molecule has 0 unspecified atom stereocenters. The number of carbonyl (C=O) groups is 1. The number of carbonyl (C=O) groups excluding carboxylic acids is 1. The number of rotatable bonds is 15. The highest BCUT2D eigenvalue weighted by Gasteiger charge is 2.13. The molecule has 1 aliphatic carbocycles. The third-order valence-corrected chi connectivity index (χ3v) is 6.62. The van der Waals surface area contributed by atoms with E-state index in [0.717, 1.165) is 35.6 Å². The predicted molar refractivity (Wildman–Crippen MR) is 151 cm³/mol. The van der Waals surface area contributed by atoms with Gasteiger partial charge in [0.15, 0.2) is 11.5 Å². The zero-order valence-electron chi connectivity index (χ0n) is 23.1. The van der Waals surface area contributed by atoms with Crippen molar-refractivity contribution in [3.63, 3.8) is 0 Å². The average molecular weight is 542 g/mol. The zero-order chi connectivity index (χ0) is 27.3. The fraction of sp³-hybridized carbons (Fsp3) is 0.467. The Labute approximate surface area is 230 Å². The maximum absolute atomic E-state index is 11.8. The highest BCUT2D eigenvalue weighted by molar-refractivity contribution is 7.13. The summed E-state index contributed by atoms with van der Waals surface area (Å²) < 4.78 is 28.4. The molecule has 2 aromatic rings. The van der Waals surface area contributed by atoms with E-state index in [9.17, 15) is 4.79 Å². The minimum atomic E-state index is -0.159. The van der Waals surface area contributed by atoms with E-state index in [4.69, 9.17) is 23.7 Å². The van der Waals surface area contributed by atoms with Gasteiger partial charge in [-0.3, -0.25) is 4.79 Å². The van der Waals surface area contributed by atoms with Crippen molar-refractivity contribution < 1.29 is 28.5 Å². The number of esters is 1.